The van der Waals surface area contributed by atoms with Crippen molar-refractivity contribution in [2.75, 3.05) is 7.11 Å². The van der Waals surface area contributed by atoms with Crippen LogP contribution < -0.4 is 4.74 Å². The van der Waals surface area contributed by atoms with Gasteiger partial charge in [0.2, 0.25) is 0 Å². The molecule has 1 aromatic heterocycles. The van der Waals surface area contributed by atoms with Crippen LogP contribution in [0.25, 0.3) is 5.69 Å². The lowest BCUT2D eigenvalue weighted by molar-refractivity contribution is 0.411. The Kier molecular flexibility index (Phi) is 2.78. The van der Waals surface area contributed by atoms with Gasteiger partial charge in [-0.1, -0.05) is 0 Å². The minimum absolute atomic E-state index is 0.599. The Hall–Kier alpha value is -1.62. The number of nitrogens with one attached hydrogen (secondary N) is 1. The molecule has 0 saturated carbocycles. The van der Waals surface area contributed by atoms with Crippen LogP contribution in [0.1, 0.15) is 11.4 Å². The summed E-state index contributed by atoms with van der Waals surface area (Å²) in [6.45, 7) is 3.91. The van der Waals surface area contributed by atoms with Gasteiger partial charge in [0.25, 0.3) is 0 Å². The first-order valence-corrected chi connectivity index (χ1v) is 5.33. The van der Waals surface area contributed by atoms with Crippen LogP contribution in [0.2, 0.25) is 0 Å². The summed E-state index contributed by atoms with van der Waals surface area (Å²) in [6, 6.07) is 5.92. The number of ether oxygens (including phenoxy) is 1. The molecule has 0 aliphatic heterocycles. The van der Waals surface area contributed by atoms with Gasteiger partial charge in [-0.25, -0.2) is 0 Å². The Morgan fingerprint density at radius 2 is 2.12 bits per heavy atom. The fraction of sp³-hybridized carbons (Fsp3) is 0.273. The Labute approximate surface area is 98.9 Å². The third-order valence-electron chi connectivity index (χ3n) is 2.48. The minimum Gasteiger partial charge on any atom is -0.496 e. The van der Waals surface area contributed by atoms with Gasteiger partial charge in [-0.3, -0.25) is 9.67 Å². The van der Waals surface area contributed by atoms with Crippen molar-refractivity contribution in [2.45, 2.75) is 13.8 Å². The SMILES string of the molecule is COc1ccc(-n2c(C)n[nH]c2=S)cc1C. The third-order valence-corrected chi connectivity index (χ3v) is 2.75. The molecule has 0 bridgehead atoms. The molecule has 2 aromatic rings. The second-order valence-electron chi connectivity index (χ2n) is 3.57. The van der Waals surface area contributed by atoms with Crippen molar-refractivity contribution < 1.29 is 4.74 Å². The van der Waals surface area contributed by atoms with E-state index in [1.165, 1.54) is 0 Å². The molecule has 0 spiro atoms. The molecular weight excluding hydrogens is 222 g/mol. The van der Waals surface area contributed by atoms with E-state index in [1.807, 2.05) is 36.6 Å². The average Bonchev–Trinajstić information content (AvgIpc) is 2.58. The van der Waals surface area contributed by atoms with E-state index in [9.17, 15) is 0 Å². The fourth-order valence-corrected chi connectivity index (χ4v) is 1.96. The van der Waals surface area contributed by atoms with E-state index in [-0.39, 0.29) is 0 Å². The number of rotatable bonds is 2. The standard InChI is InChI=1S/C11H13N3OS/c1-7-6-9(4-5-10(7)15-3)14-8(2)12-13-11(14)16/h4-6H,1-3H3,(H,13,16). The quantitative estimate of drug-likeness (QED) is 0.813. The van der Waals surface area contributed by atoms with Crippen LogP contribution in [0.4, 0.5) is 0 Å². The van der Waals surface area contributed by atoms with Crippen LogP contribution >= 0.6 is 12.2 Å². The first kappa shape index (κ1) is 10.9. The van der Waals surface area contributed by atoms with Gasteiger partial charge in [-0.15, -0.1) is 0 Å². The molecule has 0 aliphatic carbocycles. The van der Waals surface area contributed by atoms with Gasteiger partial charge in [0.1, 0.15) is 11.6 Å². The van der Waals surface area contributed by atoms with E-state index in [2.05, 4.69) is 10.2 Å². The van der Waals surface area contributed by atoms with E-state index in [1.54, 1.807) is 7.11 Å². The van der Waals surface area contributed by atoms with Crippen LogP contribution in [-0.4, -0.2) is 21.9 Å². The number of aromatic nitrogens is 3. The van der Waals surface area contributed by atoms with Crippen LogP contribution in [0.3, 0.4) is 0 Å². The van der Waals surface area contributed by atoms with Crippen LogP contribution in [-0.2, 0) is 0 Å². The molecule has 4 nitrogen and oxygen atoms in total. The molecule has 1 N–H and O–H groups in total. The lowest BCUT2D eigenvalue weighted by Crippen LogP contribution is -1.98. The molecule has 0 radical (unpaired) electrons. The molecule has 16 heavy (non-hydrogen) atoms. The van der Waals surface area contributed by atoms with E-state index in [0.717, 1.165) is 22.8 Å². The molecule has 0 amide bonds. The number of benzene rings is 1. The predicted molar refractivity (Wildman–Crippen MR) is 64.8 cm³/mol. The molecule has 84 valence electrons. The molecule has 0 fully saturated rings. The molecular formula is C11H13N3OS. The van der Waals surface area contributed by atoms with Gasteiger partial charge < -0.3 is 4.74 Å². The monoisotopic (exact) mass is 235 g/mol. The van der Waals surface area contributed by atoms with E-state index in [0.29, 0.717) is 4.77 Å². The topological polar surface area (TPSA) is 42.8 Å². The first-order chi connectivity index (χ1) is 7.63. The van der Waals surface area contributed by atoms with Crippen LogP contribution in [0, 0.1) is 18.6 Å². The smallest absolute Gasteiger partial charge is 0.199 e. The Morgan fingerprint density at radius 1 is 1.38 bits per heavy atom. The summed E-state index contributed by atoms with van der Waals surface area (Å²) in [5, 5.41) is 6.85. The highest BCUT2D eigenvalue weighted by Crippen LogP contribution is 2.21. The highest BCUT2D eigenvalue weighted by Gasteiger charge is 2.06. The van der Waals surface area contributed by atoms with Crippen molar-refractivity contribution in [1.29, 1.82) is 0 Å². The Bertz CT molecular complexity index is 571. The Balaban J connectivity index is 2.58. The zero-order valence-corrected chi connectivity index (χ0v) is 10.3. The summed E-state index contributed by atoms with van der Waals surface area (Å²) in [7, 11) is 1.66. The highest BCUT2D eigenvalue weighted by atomic mass is 32.1. The predicted octanol–water partition coefficient (Wildman–Crippen LogP) is 2.56. The number of aromatic amines is 1. The zero-order valence-electron chi connectivity index (χ0n) is 9.44. The van der Waals surface area contributed by atoms with E-state index < -0.39 is 0 Å². The lowest BCUT2D eigenvalue weighted by Gasteiger charge is -2.08. The summed E-state index contributed by atoms with van der Waals surface area (Å²) in [5.41, 5.74) is 2.07. The molecule has 1 aromatic carbocycles. The van der Waals surface area contributed by atoms with Crippen molar-refractivity contribution in [3.05, 3.63) is 34.4 Å². The molecule has 0 unspecified atom stereocenters. The van der Waals surface area contributed by atoms with Gasteiger partial charge in [-0.2, -0.15) is 5.10 Å². The van der Waals surface area contributed by atoms with E-state index >= 15 is 0 Å². The fourth-order valence-electron chi connectivity index (χ4n) is 1.68. The number of hydrogen-bond acceptors (Lipinski definition) is 3. The van der Waals surface area contributed by atoms with Crippen molar-refractivity contribution in [3.63, 3.8) is 0 Å². The van der Waals surface area contributed by atoms with Crippen molar-refractivity contribution >= 4 is 12.2 Å². The second kappa shape index (κ2) is 4.09. The van der Waals surface area contributed by atoms with Crippen LogP contribution in [0.5, 0.6) is 5.75 Å². The van der Waals surface area contributed by atoms with Gasteiger partial charge in [-0.05, 0) is 49.8 Å². The normalized spacial score (nSPS) is 10.4. The lowest BCUT2D eigenvalue weighted by atomic mass is 10.2. The number of methoxy groups -OCH3 is 1. The van der Waals surface area contributed by atoms with Gasteiger partial charge >= 0.3 is 0 Å². The largest absolute Gasteiger partial charge is 0.496 e. The second-order valence-corrected chi connectivity index (χ2v) is 3.95. The molecule has 0 atom stereocenters. The van der Waals surface area contributed by atoms with Crippen molar-refractivity contribution in [2.24, 2.45) is 0 Å². The molecule has 1 heterocycles. The maximum atomic E-state index is 5.22. The van der Waals surface area contributed by atoms with Gasteiger partial charge in [0.15, 0.2) is 4.77 Å². The summed E-state index contributed by atoms with van der Waals surface area (Å²) in [5.74, 6) is 1.71. The number of aryl methyl sites for hydroxylation is 2. The number of hydrogen-bond donors (Lipinski definition) is 1. The van der Waals surface area contributed by atoms with E-state index in [4.69, 9.17) is 17.0 Å². The van der Waals surface area contributed by atoms with Gasteiger partial charge in [0, 0.05) is 0 Å². The zero-order chi connectivity index (χ0) is 11.7. The Morgan fingerprint density at radius 3 is 2.62 bits per heavy atom. The van der Waals surface area contributed by atoms with Crippen molar-refractivity contribution in [1.82, 2.24) is 14.8 Å². The summed E-state index contributed by atoms with van der Waals surface area (Å²) < 4.78 is 7.71. The summed E-state index contributed by atoms with van der Waals surface area (Å²) in [6.07, 6.45) is 0. The van der Waals surface area contributed by atoms with Crippen molar-refractivity contribution in [3.8, 4) is 11.4 Å². The maximum Gasteiger partial charge on any atom is 0.199 e. The van der Waals surface area contributed by atoms with Gasteiger partial charge in [0.05, 0.1) is 12.8 Å². The number of H-pyrrole nitrogens is 1. The maximum absolute atomic E-state index is 5.22. The third kappa shape index (κ3) is 1.74. The van der Waals surface area contributed by atoms with Crippen LogP contribution in [0.15, 0.2) is 18.2 Å². The average molecular weight is 235 g/mol. The molecule has 5 heteroatoms. The molecule has 0 aliphatic rings. The summed E-state index contributed by atoms with van der Waals surface area (Å²) in [4.78, 5) is 0. The molecule has 2 rings (SSSR count). The number of nitrogens with zero attached hydrogens (tertiary/aromatic N) is 2. The molecule has 0 saturated heterocycles. The highest BCUT2D eigenvalue weighted by molar-refractivity contribution is 7.71. The first-order valence-electron chi connectivity index (χ1n) is 4.92. The minimum atomic E-state index is 0.599. The summed E-state index contributed by atoms with van der Waals surface area (Å²) >= 11 is 5.17.